The van der Waals surface area contributed by atoms with E-state index in [4.69, 9.17) is 37.9 Å². The second kappa shape index (κ2) is 18.9. The van der Waals surface area contributed by atoms with Gasteiger partial charge in [0, 0.05) is 22.3 Å². The third kappa shape index (κ3) is 11.6. The van der Waals surface area contributed by atoms with E-state index in [-0.39, 0.29) is 37.9 Å². The second-order valence-electron chi connectivity index (χ2n) is 8.51. The molecule has 10 heteroatoms. The third-order valence-electron chi connectivity index (χ3n) is 5.67. The Morgan fingerprint density at radius 2 is 0.553 bits per heavy atom. The first-order chi connectivity index (χ1) is 18.8. The van der Waals surface area contributed by atoms with Gasteiger partial charge >= 0.3 is 0 Å². The van der Waals surface area contributed by atoms with E-state index < -0.39 is 0 Å². The predicted molar refractivity (Wildman–Crippen MR) is 138 cm³/mol. The fourth-order valence-electron chi connectivity index (χ4n) is 3.60. The number of aromatic hydroxyl groups is 2. The minimum Gasteiger partial charge on any atom is -0.507 e. The number of hydrogen-bond donors (Lipinski definition) is 2. The second-order valence-corrected chi connectivity index (χ2v) is 8.51. The molecule has 0 saturated heterocycles. The zero-order valence-electron chi connectivity index (χ0n) is 21.9. The molecule has 0 spiro atoms. The Kier molecular flexibility index (Phi) is 15.0. The average Bonchev–Trinajstić information content (AvgIpc) is 2.92. The van der Waals surface area contributed by atoms with Crippen molar-refractivity contribution < 1.29 is 48.1 Å². The van der Waals surface area contributed by atoms with Crippen molar-refractivity contribution in [3.8, 4) is 11.5 Å². The molecule has 0 aliphatic carbocycles. The van der Waals surface area contributed by atoms with E-state index in [0.717, 1.165) is 0 Å². The zero-order valence-corrected chi connectivity index (χ0v) is 21.9. The number of phenolic OH excluding ortho intramolecular Hbond substituents is 2. The molecule has 1 aliphatic heterocycles. The molecule has 0 aromatic heterocycles. The standard InChI is InChI=1S/C28H40O10/c29-27-23-3-1-4-24(27)20-36-16-12-32-8-10-34-14-18-38-22-26-6-2-5-25(28(26)30)21-37-17-13-33-9-7-31-11-15-35-19-23/h1-6,29-30H,7-22H2. The number of para-hydroxylation sites is 2. The molecule has 2 aromatic rings. The highest BCUT2D eigenvalue weighted by molar-refractivity contribution is 5.40. The summed E-state index contributed by atoms with van der Waals surface area (Å²) in [6, 6.07) is 11.0. The van der Waals surface area contributed by atoms with Crippen LogP contribution in [0.2, 0.25) is 0 Å². The van der Waals surface area contributed by atoms with E-state index in [0.29, 0.717) is 102 Å². The number of fused-ring (bicyclic) bond motifs is 4. The molecule has 4 bridgehead atoms. The van der Waals surface area contributed by atoms with Crippen molar-refractivity contribution in [3.63, 3.8) is 0 Å². The molecule has 0 saturated carbocycles. The van der Waals surface area contributed by atoms with Gasteiger partial charge in [-0.2, -0.15) is 0 Å². The lowest BCUT2D eigenvalue weighted by Crippen LogP contribution is -2.12. The maximum atomic E-state index is 10.5. The van der Waals surface area contributed by atoms with Gasteiger partial charge in [0.15, 0.2) is 0 Å². The molecule has 0 unspecified atom stereocenters. The molecule has 0 atom stereocenters. The van der Waals surface area contributed by atoms with Crippen LogP contribution in [-0.4, -0.2) is 89.5 Å². The Labute approximate surface area is 224 Å². The number of benzene rings is 2. The normalized spacial score (nSPS) is 19.4. The third-order valence-corrected chi connectivity index (χ3v) is 5.67. The average molecular weight is 537 g/mol. The van der Waals surface area contributed by atoms with Crippen molar-refractivity contribution in [1.29, 1.82) is 0 Å². The van der Waals surface area contributed by atoms with Crippen molar-refractivity contribution in [2.45, 2.75) is 26.4 Å². The topological polar surface area (TPSA) is 114 Å². The van der Waals surface area contributed by atoms with Crippen LogP contribution in [0.15, 0.2) is 36.4 Å². The molecule has 10 nitrogen and oxygen atoms in total. The first-order valence-corrected chi connectivity index (χ1v) is 13.0. The highest BCUT2D eigenvalue weighted by Crippen LogP contribution is 2.25. The fraction of sp³-hybridized carbons (Fsp3) is 0.571. The number of phenols is 2. The highest BCUT2D eigenvalue weighted by atomic mass is 16.6. The van der Waals surface area contributed by atoms with E-state index in [1.165, 1.54) is 0 Å². The van der Waals surface area contributed by atoms with Gasteiger partial charge < -0.3 is 48.1 Å². The van der Waals surface area contributed by atoms with Gasteiger partial charge in [-0.05, 0) is 0 Å². The van der Waals surface area contributed by atoms with Crippen molar-refractivity contribution in [1.82, 2.24) is 0 Å². The maximum absolute atomic E-state index is 10.5. The first kappa shape index (κ1) is 30.3. The highest BCUT2D eigenvalue weighted by Gasteiger charge is 2.09. The Bertz CT molecular complexity index is 769. The summed E-state index contributed by atoms with van der Waals surface area (Å²) in [6.45, 7) is 6.20. The number of rotatable bonds is 0. The largest absolute Gasteiger partial charge is 0.507 e. The molecule has 0 amide bonds. The van der Waals surface area contributed by atoms with Crippen molar-refractivity contribution in [2.24, 2.45) is 0 Å². The molecule has 0 radical (unpaired) electrons. The van der Waals surface area contributed by atoms with Crippen LogP contribution in [0.5, 0.6) is 11.5 Å². The minimum atomic E-state index is 0.183. The molecule has 38 heavy (non-hydrogen) atoms. The molecule has 212 valence electrons. The van der Waals surface area contributed by atoms with E-state index in [2.05, 4.69) is 0 Å². The smallest absolute Gasteiger partial charge is 0.126 e. The number of ether oxygens (including phenoxy) is 8. The van der Waals surface area contributed by atoms with Gasteiger partial charge in [-0.1, -0.05) is 36.4 Å². The summed E-state index contributed by atoms with van der Waals surface area (Å²) in [6.07, 6.45) is 0. The summed E-state index contributed by atoms with van der Waals surface area (Å²) in [5.41, 5.74) is 2.80. The van der Waals surface area contributed by atoms with Crippen LogP contribution in [0.1, 0.15) is 22.3 Å². The molecule has 2 aromatic carbocycles. The summed E-state index contributed by atoms with van der Waals surface area (Å²) in [7, 11) is 0. The Hall–Kier alpha value is -2.28. The summed E-state index contributed by atoms with van der Waals surface area (Å²) in [5, 5.41) is 21.0. The lowest BCUT2D eigenvalue weighted by molar-refractivity contribution is -0.00775. The van der Waals surface area contributed by atoms with Gasteiger partial charge in [0.2, 0.25) is 0 Å². The molecule has 0 fully saturated rings. The summed E-state index contributed by atoms with van der Waals surface area (Å²) in [5.74, 6) is 0.366. The monoisotopic (exact) mass is 536 g/mol. The molecule has 1 heterocycles. The molecule has 1 aliphatic rings. The van der Waals surface area contributed by atoms with Crippen molar-refractivity contribution in [3.05, 3.63) is 58.7 Å². The zero-order chi connectivity index (χ0) is 26.7. The Morgan fingerprint density at radius 3 is 0.789 bits per heavy atom. The van der Waals surface area contributed by atoms with E-state index in [1.807, 2.05) is 36.4 Å². The van der Waals surface area contributed by atoms with Crippen molar-refractivity contribution in [2.75, 3.05) is 79.3 Å². The van der Waals surface area contributed by atoms with Crippen molar-refractivity contribution >= 4 is 0 Å². The quantitative estimate of drug-likeness (QED) is 0.521. The maximum Gasteiger partial charge on any atom is 0.126 e. The van der Waals surface area contributed by atoms with Crippen LogP contribution in [0.3, 0.4) is 0 Å². The molecule has 2 N–H and O–H groups in total. The van der Waals surface area contributed by atoms with Crippen LogP contribution in [-0.2, 0) is 64.3 Å². The van der Waals surface area contributed by atoms with E-state index >= 15 is 0 Å². The fourth-order valence-corrected chi connectivity index (χ4v) is 3.60. The lowest BCUT2D eigenvalue weighted by Gasteiger charge is -2.12. The van der Waals surface area contributed by atoms with Gasteiger partial charge in [0.25, 0.3) is 0 Å². The molecular weight excluding hydrogens is 496 g/mol. The van der Waals surface area contributed by atoms with E-state index in [1.54, 1.807) is 0 Å². The summed E-state index contributed by atoms with van der Waals surface area (Å²) >= 11 is 0. The van der Waals surface area contributed by atoms with E-state index in [9.17, 15) is 10.2 Å². The van der Waals surface area contributed by atoms with Crippen LogP contribution < -0.4 is 0 Å². The SMILES string of the molecule is Oc1c2cccc1COCCOCCOCCOCc1cccc(c1O)COCCOCCOCCOC2. The Morgan fingerprint density at radius 1 is 0.342 bits per heavy atom. The van der Waals surface area contributed by atoms with Gasteiger partial charge in [0.05, 0.1) is 106 Å². The van der Waals surface area contributed by atoms with Gasteiger partial charge in [-0.15, -0.1) is 0 Å². The van der Waals surface area contributed by atoms with Crippen LogP contribution in [0.25, 0.3) is 0 Å². The molecule has 3 rings (SSSR count). The lowest BCUT2D eigenvalue weighted by atomic mass is 10.1. The van der Waals surface area contributed by atoms with Crippen LogP contribution in [0, 0.1) is 0 Å². The summed E-state index contributed by atoms with van der Waals surface area (Å²) in [4.78, 5) is 0. The molecular formula is C28H40O10. The predicted octanol–water partition coefficient (Wildman–Crippen LogP) is 2.94. The minimum absolute atomic E-state index is 0.183. The Balaban J connectivity index is 1.42. The summed E-state index contributed by atoms with van der Waals surface area (Å²) < 4.78 is 44.6. The number of hydrogen-bond acceptors (Lipinski definition) is 10. The van der Waals surface area contributed by atoms with Gasteiger partial charge in [-0.3, -0.25) is 0 Å². The van der Waals surface area contributed by atoms with Gasteiger partial charge in [-0.25, -0.2) is 0 Å². The van der Waals surface area contributed by atoms with Crippen LogP contribution in [0.4, 0.5) is 0 Å². The van der Waals surface area contributed by atoms with Crippen LogP contribution >= 0.6 is 0 Å². The first-order valence-electron chi connectivity index (χ1n) is 13.0. The van der Waals surface area contributed by atoms with Gasteiger partial charge in [0.1, 0.15) is 11.5 Å².